The number of hydrogen-bond acceptors (Lipinski definition) is 4. The molecular formula is C6H14ClNO4S2. The molecule has 14 heavy (non-hydrogen) atoms. The van der Waals surface area contributed by atoms with Crippen molar-refractivity contribution in [3.63, 3.8) is 0 Å². The van der Waals surface area contributed by atoms with Crippen molar-refractivity contribution in [3.05, 3.63) is 0 Å². The van der Waals surface area contributed by atoms with Crippen molar-refractivity contribution >= 4 is 31.5 Å². The smallest absolute Gasteiger partial charge is 0.211 e. The monoisotopic (exact) mass is 263 g/mol. The minimum Gasteiger partial charge on any atom is -0.229 e. The second-order valence-electron chi connectivity index (χ2n) is 2.89. The fraction of sp³-hybridized carbons (Fsp3) is 1.00. The first-order chi connectivity index (χ1) is 6.27. The summed E-state index contributed by atoms with van der Waals surface area (Å²) in [7, 11) is -6.49. The minimum absolute atomic E-state index is 0.0692. The number of nitrogens with one attached hydrogen (secondary N) is 1. The molecule has 0 saturated heterocycles. The molecule has 0 rings (SSSR count). The Hall–Kier alpha value is 0.150. The van der Waals surface area contributed by atoms with Crippen LogP contribution in [0.3, 0.4) is 0 Å². The summed E-state index contributed by atoms with van der Waals surface area (Å²) in [5, 5.41) is 0. The van der Waals surface area contributed by atoms with Crippen LogP contribution in [0.5, 0.6) is 0 Å². The highest BCUT2D eigenvalue weighted by Gasteiger charge is 2.10. The van der Waals surface area contributed by atoms with Crippen molar-refractivity contribution in [2.24, 2.45) is 0 Å². The summed E-state index contributed by atoms with van der Waals surface area (Å²) in [5.74, 6) is 0.0142. The number of halogens is 1. The lowest BCUT2D eigenvalue weighted by molar-refractivity contribution is 0.581. The SMILES string of the molecule is CS(=O)(=O)CCNS(=O)(=O)CCCCl. The zero-order valence-electron chi connectivity index (χ0n) is 7.86. The zero-order valence-corrected chi connectivity index (χ0v) is 10.3. The van der Waals surface area contributed by atoms with Gasteiger partial charge in [0, 0.05) is 18.7 Å². The van der Waals surface area contributed by atoms with Crippen LogP contribution >= 0.6 is 11.6 Å². The van der Waals surface area contributed by atoms with Gasteiger partial charge in [0.2, 0.25) is 10.0 Å². The first kappa shape index (κ1) is 14.2. The van der Waals surface area contributed by atoms with E-state index >= 15 is 0 Å². The Balaban J connectivity index is 3.89. The molecule has 0 atom stereocenters. The van der Waals surface area contributed by atoms with Gasteiger partial charge in [0.05, 0.1) is 11.5 Å². The van der Waals surface area contributed by atoms with Crippen LogP contribution in [0.4, 0.5) is 0 Å². The van der Waals surface area contributed by atoms with Crippen LogP contribution < -0.4 is 4.72 Å². The Morgan fingerprint density at radius 3 is 2.14 bits per heavy atom. The molecule has 0 aromatic heterocycles. The molecule has 0 aromatic rings. The lowest BCUT2D eigenvalue weighted by Gasteiger charge is -2.04. The normalized spacial score (nSPS) is 13.0. The van der Waals surface area contributed by atoms with Crippen molar-refractivity contribution in [2.75, 3.05) is 30.2 Å². The summed E-state index contributed by atoms with van der Waals surface area (Å²) in [6.45, 7) is -0.0799. The molecule has 86 valence electrons. The summed E-state index contributed by atoms with van der Waals surface area (Å²) < 4.78 is 45.8. The summed E-state index contributed by atoms with van der Waals surface area (Å²) in [6, 6.07) is 0. The highest BCUT2D eigenvalue weighted by Crippen LogP contribution is 1.92. The van der Waals surface area contributed by atoms with E-state index in [0.29, 0.717) is 6.42 Å². The third-order valence-electron chi connectivity index (χ3n) is 1.34. The molecule has 0 aromatic carbocycles. The molecule has 0 amide bonds. The fourth-order valence-electron chi connectivity index (χ4n) is 0.699. The van der Waals surface area contributed by atoms with Crippen LogP contribution in [0.2, 0.25) is 0 Å². The second kappa shape index (κ2) is 5.89. The van der Waals surface area contributed by atoms with Gasteiger partial charge in [-0.1, -0.05) is 0 Å². The van der Waals surface area contributed by atoms with Crippen LogP contribution in [0.1, 0.15) is 6.42 Å². The maximum absolute atomic E-state index is 11.1. The average molecular weight is 264 g/mol. The molecule has 0 heterocycles. The van der Waals surface area contributed by atoms with E-state index < -0.39 is 19.9 Å². The molecule has 0 radical (unpaired) electrons. The molecule has 0 unspecified atom stereocenters. The van der Waals surface area contributed by atoms with Gasteiger partial charge in [0.1, 0.15) is 9.84 Å². The number of sulfonamides is 1. The van der Waals surface area contributed by atoms with E-state index in [1.54, 1.807) is 0 Å². The van der Waals surface area contributed by atoms with Crippen LogP contribution in [-0.4, -0.2) is 47.0 Å². The third-order valence-corrected chi connectivity index (χ3v) is 4.02. The van der Waals surface area contributed by atoms with E-state index in [9.17, 15) is 16.8 Å². The van der Waals surface area contributed by atoms with Gasteiger partial charge in [-0.2, -0.15) is 0 Å². The molecule has 0 saturated carbocycles. The number of alkyl halides is 1. The molecule has 0 aliphatic carbocycles. The molecule has 0 bridgehead atoms. The minimum atomic E-state index is -3.37. The topological polar surface area (TPSA) is 80.3 Å². The van der Waals surface area contributed by atoms with Gasteiger partial charge < -0.3 is 0 Å². The quantitative estimate of drug-likeness (QED) is 0.633. The standard InChI is InChI=1S/C6H14ClNO4S2/c1-13(9,10)6-4-8-14(11,12)5-2-3-7/h8H,2-6H2,1H3. The van der Waals surface area contributed by atoms with E-state index in [1.807, 2.05) is 0 Å². The van der Waals surface area contributed by atoms with E-state index in [2.05, 4.69) is 4.72 Å². The van der Waals surface area contributed by atoms with Gasteiger partial charge in [0.15, 0.2) is 0 Å². The Kier molecular flexibility index (Phi) is 5.96. The first-order valence-corrected chi connectivity index (χ1v) is 8.22. The summed E-state index contributed by atoms with van der Waals surface area (Å²) >= 11 is 5.33. The second-order valence-corrected chi connectivity index (χ2v) is 7.45. The van der Waals surface area contributed by atoms with Crippen molar-refractivity contribution in [3.8, 4) is 0 Å². The molecule has 0 spiro atoms. The third kappa shape index (κ3) is 8.74. The lowest BCUT2D eigenvalue weighted by Crippen LogP contribution is -2.30. The Morgan fingerprint density at radius 1 is 1.14 bits per heavy atom. The van der Waals surface area contributed by atoms with Crippen molar-refractivity contribution in [2.45, 2.75) is 6.42 Å². The van der Waals surface area contributed by atoms with Gasteiger partial charge in [-0.05, 0) is 6.42 Å². The molecule has 0 fully saturated rings. The molecule has 1 N–H and O–H groups in total. The summed E-state index contributed by atoms with van der Waals surface area (Å²) in [6.07, 6.45) is 1.41. The number of hydrogen-bond donors (Lipinski definition) is 1. The van der Waals surface area contributed by atoms with Crippen LogP contribution in [0, 0.1) is 0 Å². The van der Waals surface area contributed by atoms with E-state index in [-0.39, 0.29) is 23.9 Å². The largest absolute Gasteiger partial charge is 0.229 e. The van der Waals surface area contributed by atoms with E-state index in [4.69, 9.17) is 11.6 Å². The Bertz CT molecular complexity index is 348. The predicted molar refractivity (Wildman–Crippen MR) is 56.8 cm³/mol. The highest BCUT2D eigenvalue weighted by molar-refractivity contribution is 7.91. The van der Waals surface area contributed by atoms with E-state index in [0.717, 1.165) is 6.26 Å². The van der Waals surface area contributed by atoms with Crippen LogP contribution in [-0.2, 0) is 19.9 Å². The average Bonchev–Trinajstić information content (AvgIpc) is 1.98. The zero-order chi connectivity index (χ0) is 11.2. The maximum atomic E-state index is 11.1. The summed E-state index contributed by atoms with van der Waals surface area (Å²) in [4.78, 5) is 0. The molecule has 0 aliphatic heterocycles. The Labute approximate surface area is 89.8 Å². The van der Waals surface area contributed by atoms with Gasteiger partial charge in [-0.3, -0.25) is 0 Å². The van der Waals surface area contributed by atoms with Crippen LogP contribution in [0.15, 0.2) is 0 Å². The Morgan fingerprint density at radius 2 is 1.71 bits per heavy atom. The van der Waals surface area contributed by atoms with Crippen molar-refractivity contribution in [1.82, 2.24) is 4.72 Å². The molecule has 5 nitrogen and oxygen atoms in total. The van der Waals surface area contributed by atoms with Crippen molar-refractivity contribution in [1.29, 1.82) is 0 Å². The van der Waals surface area contributed by atoms with Crippen LogP contribution in [0.25, 0.3) is 0 Å². The molecule has 8 heteroatoms. The molecular weight excluding hydrogens is 250 g/mol. The van der Waals surface area contributed by atoms with Gasteiger partial charge in [-0.15, -0.1) is 11.6 Å². The molecule has 0 aliphatic rings. The number of rotatable bonds is 7. The maximum Gasteiger partial charge on any atom is 0.211 e. The first-order valence-electron chi connectivity index (χ1n) is 3.98. The van der Waals surface area contributed by atoms with E-state index in [1.165, 1.54) is 0 Å². The van der Waals surface area contributed by atoms with Gasteiger partial charge >= 0.3 is 0 Å². The van der Waals surface area contributed by atoms with Crippen molar-refractivity contribution < 1.29 is 16.8 Å². The highest BCUT2D eigenvalue weighted by atomic mass is 35.5. The fourth-order valence-corrected chi connectivity index (χ4v) is 2.68. The van der Waals surface area contributed by atoms with Gasteiger partial charge in [-0.25, -0.2) is 21.6 Å². The summed E-state index contributed by atoms with van der Waals surface area (Å²) in [5.41, 5.74) is 0. The lowest BCUT2D eigenvalue weighted by atomic mass is 10.6. The number of sulfone groups is 1. The van der Waals surface area contributed by atoms with Gasteiger partial charge in [0.25, 0.3) is 0 Å². The predicted octanol–water partition coefficient (Wildman–Crippen LogP) is -0.421.